The Morgan fingerprint density at radius 1 is 1.48 bits per heavy atom. The molecule has 0 aromatic heterocycles. The van der Waals surface area contributed by atoms with Gasteiger partial charge in [-0.2, -0.15) is 0 Å². The van der Waals surface area contributed by atoms with E-state index < -0.39 is 11.6 Å². The van der Waals surface area contributed by atoms with Crippen LogP contribution in [-0.4, -0.2) is 47.5 Å². The van der Waals surface area contributed by atoms with Crippen LogP contribution in [-0.2, 0) is 4.79 Å². The molecular formula is C16H17NO4. The molecule has 1 atom stereocenters. The fourth-order valence-electron chi connectivity index (χ4n) is 3.06. The molecule has 1 fully saturated rings. The molecule has 5 nitrogen and oxygen atoms in total. The van der Waals surface area contributed by atoms with Crippen molar-refractivity contribution in [1.29, 1.82) is 0 Å². The third-order valence-corrected chi connectivity index (χ3v) is 4.04. The maximum absolute atomic E-state index is 12.4. The van der Waals surface area contributed by atoms with Crippen molar-refractivity contribution in [2.24, 2.45) is 0 Å². The molecule has 1 spiro atoms. The maximum atomic E-state index is 12.4. The van der Waals surface area contributed by atoms with E-state index in [4.69, 9.17) is 9.84 Å². The van der Waals surface area contributed by atoms with E-state index in [0.717, 1.165) is 25.6 Å². The number of hydrogen-bond donors (Lipinski definition) is 1. The summed E-state index contributed by atoms with van der Waals surface area (Å²) in [5.41, 5.74) is 0.840. The highest BCUT2D eigenvalue weighted by molar-refractivity contribution is 6.01. The average molecular weight is 287 g/mol. The Bertz CT molecular complexity index is 637. The molecule has 1 N–H and O–H groups in total. The van der Waals surface area contributed by atoms with Crippen LogP contribution in [0.2, 0.25) is 0 Å². The first-order valence-corrected chi connectivity index (χ1v) is 6.93. The molecule has 0 radical (unpaired) electrons. The van der Waals surface area contributed by atoms with Crippen molar-refractivity contribution < 1.29 is 19.4 Å². The number of hydrogen-bond acceptors (Lipinski definition) is 4. The number of fused-ring (bicyclic) bond motifs is 1. The van der Waals surface area contributed by atoms with Crippen LogP contribution < -0.4 is 4.74 Å². The van der Waals surface area contributed by atoms with Crippen molar-refractivity contribution in [1.82, 2.24) is 4.90 Å². The van der Waals surface area contributed by atoms with Crippen molar-refractivity contribution >= 4 is 17.8 Å². The quantitative estimate of drug-likeness (QED) is 0.840. The van der Waals surface area contributed by atoms with Gasteiger partial charge < -0.3 is 14.7 Å². The zero-order chi connectivity index (χ0) is 15.0. The highest BCUT2D eigenvalue weighted by Crippen LogP contribution is 2.38. The van der Waals surface area contributed by atoms with Gasteiger partial charge in [-0.15, -0.1) is 0 Å². The van der Waals surface area contributed by atoms with E-state index in [2.05, 4.69) is 4.90 Å². The molecule has 2 heterocycles. The van der Waals surface area contributed by atoms with Crippen LogP contribution in [0.25, 0.3) is 6.08 Å². The molecule has 1 aromatic carbocycles. The topological polar surface area (TPSA) is 66.8 Å². The normalized spacial score (nSPS) is 25.3. The SMILES string of the molecule is CN1CCC2(CC(=O)c3cc(C=CC(=O)O)ccc3O2)C1. The van der Waals surface area contributed by atoms with Gasteiger partial charge in [0.1, 0.15) is 11.4 Å². The second-order valence-corrected chi connectivity index (χ2v) is 5.80. The van der Waals surface area contributed by atoms with Gasteiger partial charge in [0, 0.05) is 25.6 Å². The predicted molar refractivity (Wildman–Crippen MR) is 77.5 cm³/mol. The van der Waals surface area contributed by atoms with Crippen molar-refractivity contribution in [3.63, 3.8) is 0 Å². The molecule has 0 aliphatic carbocycles. The minimum atomic E-state index is -1.01. The minimum Gasteiger partial charge on any atom is -0.485 e. The molecule has 3 rings (SSSR count). The number of carboxylic acids is 1. The summed E-state index contributed by atoms with van der Waals surface area (Å²) >= 11 is 0. The monoisotopic (exact) mass is 287 g/mol. The van der Waals surface area contributed by atoms with Crippen LogP contribution in [0.1, 0.15) is 28.8 Å². The third-order valence-electron chi connectivity index (χ3n) is 4.04. The van der Waals surface area contributed by atoms with E-state index in [1.165, 1.54) is 6.08 Å². The number of carbonyl (C=O) groups is 2. The summed E-state index contributed by atoms with van der Waals surface area (Å²) in [5.74, 6) is -0.339. The van der Waals surface area contributed by atoms with Crippen molar-refractivity contribution in [3.05, 3.63) is 35.4 Å². The number of Topliss-reactive ketones (excluding diaryl/α,β-unsaturated/α-hetero) is 1. The van der Waals surface area contributed by atoms with Crippen molar-refractivity contribution in [2.45, 2.75) is 18.4 Å². The number of rotatable bonds is 2. The molecule has 2 aliphatic heterocycles. The minimum absolute atomic E-state index is 0.0668. The molecule has 0 amide bonds. The van der Waals surface area contributed by atoms with Gasteiger partial charge in [0.15, 0.2) is 5.78 Å². The number of ketones is 1. The Kier molecular flexibility index (Phi) is 3.29. The molecule has 1 saturated heterocycles. The lowest BCUT2D eigenvalue weighted by molar-refractivity contribution is -0.131. The highest BCUT2D eigenvalue weighted by Gasteiger charge is 2.44. The van der Waals surface area contributed by atoms with Gasteiger partial charge in [-0.25, -0.2) is 4.79 Å². The number of nitrogens with zero attached hydrogens (tertiary/aromatic N) is 1. The average Bonchev–Trinajstić information content (AvgIpc) is 2.77. The van der Waals surface area contributed by atoms with Crippen LogP contribution in [0.5, 0.6) is 5.75 Å². The van der Waals surface area contributed by atoms with E-state index in [-0.39, 0.29) is 5.78 Å². The summed E-state index contributed by atoms with van der Waals surface area (Å²) in [6, 6.07) is 5.22. The number of benzene rings is 1. The van der Waals surface area contributed by atoms with Gasteiger partial charge in [-0.05, 0) is 30.8 Å². The lowest BCUT2D eigenvalue weighted by atomic mass is 9.88. The Labute approximate surface area is 122 Å². The first-order valence-electron chi connectivity index (χ1n) is 6.93. The van der Waals surface area contributed by atoms with Crippen LogP contribution >= 0.6 is 0 Å². The zero-order valence-corrected chi connectivity index (χ0v) is 11.8. The third kappa shape index (κ3) is 2.69. The number of likely N-dealkylation sites (N-methyl/N-ethyl adjacent to an activating group) is 1. The summed E-state index contributed by atoms with van der Waals surface area (Å²) in [5, 5.41) is 8.65. The fraction of sp³-hybridized carbons (Fsp3) is 0.375. The lowest BCUT2D eigenvalue weighted by Crippen LogP contribution is -2.44. The number of carbonyl (C=O) groups excluding carboxylic acids is 1. The fourth-order valence-corrected chi connectivity index (χ4v) is 3.06. The number of carboxylic acid groups (broad SMARTS) is 1. The Hall–Kier alpha value is -2.14. The van der Waals surface area contributed by atoms with Gasteiger partial charge in [-0.3, -0.25) is 4.79 Å². The summed E-state index contributed by atoms with van der Waals surface area (Å²) in [4.78, 5) is 25.1. The molecule has 110 valence electrons. The van der Waals surface area contributed by atoms with Crippen LogP contribution in [0.15, 0.2) is 24.3 Å². The zero-order valence-electron chi connectivity index (χ0n) is 11.8. The second kappa shape index (κ2) is 5.00. The maximum Gasteiger partial charge on any atom is 0.328 e. The summed E-state index contributed by atoms with van der Waals surface area (Å²) < 4.78 is 6.10. The highest BCUT2D eigenvalue weighted by atomic mass is 16.5. The van der Waals surface area contributed by atoms with Crippen molar-refractivity contribution in [3.8, 4) is 5.75 Å². The van der Waals surface area contributed by atoms with Gasteiger partial charge in [-0.1, -0.05) is 6.07 Å². The summed E-state index contributed by atoms with van der Waals surface area (Å²) in [7, 11) is 2.03. The second-order valence-electron chi connectivity index (χ2n) is 5.80. The predicted octanol–water partition coefficient (Wildman–Crippen LogP) is 1.82. The lowest BCUT2D eigenvalue weighted by Gasteiger charge is -2.34. The molecular weight excluding hydrogens is 270 g/mol. The van der Waals surface area contributed by atoms with Gasteiger partial charge in [0.25, 0.3) is 0 Å². The van der Waals surface area contributed by atoms with Gasteiger partial charge in [0.2, 0.25) is 0 Å². The Balaban J connectivity index is 1.89. The van der Waals surface area contributed by atoms with Crippen LogP contribution in [0.3, 0.4) is 0 Å². The molecule has 2 aliphatic rings. The van der Waals surface area contributed by atoms with E-state index in [0.29, 0.717) is 23.3 Å². The van der Waals surface area contributed by atoms with E-state index in [9.17, 15) is 9.59 Å². The molecule has 1 aromatic rings. The van der Waals surface area contributed by atoms with Gasteiger partial charge in [0.05, 0.1) is 12.0 Å². The molecule has 0 saturated carbocycles. The summed E-state index contributed by atoms with van der Waals surface area (Å²) in [6.07, 6.45) is 3.78. The van der Waals surface area contributed by atoms with Crippen LogP contribution in [0.4, 0.5) is 0 Å². The molecule has 1 unspecified atom stereocenters. The van der Waals surface area contributed by atoms with E-state index in [1.54, 1.807) is 18.2 Å². The number of ether oxygens (including phenoxy) is 1. The molecule has 21 heavy (non-hydrogen) atoms. The number of likely N-dealkylation sites (tertiary alicyclic amines) is 1. The summed E-state index contributed by atoms with van der Waals surface area (Å²) in [6.45, 7) is 1.70. The largest absolute Gasteiger partial charge is 0.485 e. The van der Waals surface area contributed by atoms with E-state index >= 15 is 0 Å². The standard InChI is InChI=1S/C16H17NO4/c1-17-7-6-16(10-17)9-13(18)12-8-11(3-5-15(19)20)2-4-14(12)21-16/h2-5,8H,6-7,9-10H2,1H3,(H,19,20). The molecule has 5 heteroatoms. The van der Waals surface area contributed by atoms with E-state index in [1.807, 2.05) is 7.05 Å². The van der Waals surface area contributed by atoms with Crippen molar-refractivity contribution in [2.75, 3.05) is 20.1 Å². The smallest absolute Gasteiger partial charge is 0.328 e. The first-order chi connectivity index (χ1) is 9.97. The van der Waals surface area contributed by atoms with Gasteiger partial charge >= 0.3 is 5.97 Å². The Morgan fingerprint density at radius 2 is 2.29 bits per heavy atom. The molecule has 0 bridgehead atoms. The Morgan fingerprint density at radius 3 is 2.95 bits per heavy atom. The van der Waals surface area contributed by atoms with Crippen LogP contribution in [0, 0.1) is 0 Å². The number of aliphatic carboxylic acids is 1. The first kappa shape index (κ1) is 13.8.